The number of ketones is 1. The van der Waals surface area contributed by atoms with Crippen LogP contribution in [0.2, 0.25) is 5.02 Å². The molecule has 2 aromatic rings. The molecule has 0 bridgehead atoms. The lowest BCUT2D eigenvalue weighted by Gasteiger charge is -2.11. The molecule has 0 aliphatic rings. The molecule has 144 valence electrons. The van der Waals surface area contributed by atoms with Gasteiger partial charge < -0.3 is 19.5 Å². The van der Waals surface area contributed by atoms with Gasteiger partial charge in [0, 0.05) is 30.0 Å². The first-order valence-corrected chi connectivity index (χ1v) is 9.08. The third-order valence-corrected chi connectivity index (χ3v) is 4.15. The monoisotopic (exact) mass is 389 g/mol. The minimum absolute atomic E-state index is 0.123. The lowest BCUT2D eigenvalue weighted by molar-refractivity contribution is 0.104. The van der Waals surface area contributed by atoms with E-state index in [2.05, 4.69) is 12.2 Å². The van der Waals surface area contributed by atoms with Crippen LogP contribution in [0, 0.1) is 0 Å². The Labute approximate surface area is 164 Å². The van der Waals surface area contributed by atoms with E-state index in [0.717, 1.165) is 18.6 Å². The fourth-order valence-electron chi connectivity index (χ4n) is 2.33. The number of hydrogen-bond acceptors (Lipinski definition) is 5. The van der Waals surface area contributed by atoms with Crippen molar-refractivity contribution in [2.24, 2.45) is 0 Å². The number of ether oxygens (including phenoxy) is 3. The first-order chi connectivity index (χ1) is 13.1. The molecule has 0 amide bonds. The number of halogens is 1. The Kier molecular flexibility index (Phi) is 8.01. The first-order valence-electron chi connectivity index (χ1n) is 8.70. The highest BCUT2D eigenvalue weighted by Crippen LogP contribution is 2.35. The highest BCUT2D eigenvalue weighted by Gasteiger charge is 2.09. The van der Waals surface area contributed by atoms with E-state index in [9.17, 15) is 4.79 Å². The van der Waals surface area contributed by atoms with Crippen molar-refractivity contribution >= 4 is 23.1 Å². The van der Waals surface area contributed by atoms with E-state index in [0.29, 0.717) is 34.4 Å². The van der Waals surface area contributed by atoms with Crippen LogP contribution in [0.3, 0.4) is 0 Å². The molecular weight excluding hydrogens is 366 g/mol. The van der Waals surface area contributed by atoms with Gasteiger partial charge >= 0.3 is 0 Å². The van der Waals surface area contributed by atoms with Gasteiger partial charge in [-0.1, -0.05) is 24.9 Å². The predicted molar refractivity (Wildman–Crippen MR) is 108 cm³/mol. The van der Waals surface area contributed by atoms with E-state index in [1.807, 2.05) is 0 Å². The van der Waals surface area contributed by atoms with E-state index < -0.39 is 0 Å². The highest BCUT2D eigenvalue weighted by molar-refractivity contribution is 6.32. The summed E-state index contributed by atoms with van der Waals surface area (Å²) in [5, 5.41) is 3.47. The molecule has 0 saturated heterocycles. The number of benzene rings is 2. The molecule has 0 saturated carbocycles. The van der Waals surface area contributed by atoms with Crippen LogP contribution in [0.25, 0.3) is 0 Å². The van der Waals surface area contributed by atoms with E-state index in [1.165, 1.54) is 13.2 Å². The fourth-order valence-corrected chi connectivity index (χ4v) is 2.56. The van der Waals surface area contributed by atoms with Gasteiger partial charge in [0.2, 0.25) is 0 Å². The molecule has 6 heteroatoms. The lowest BCUT2D eigenvalue weighted by Crippen LogP contribution is -1.99. The van der Waals surface area contributed by atoms with Crippen LogP contribution in [0.5, 0.6) is 17.2 Å². The smallest absolute Gasteiger partial charge is 0.187 e. The van der Waals surface area contributed by atoms with Crippen LogP contribution in [-0.2, 0) is 0 Å². The van der Waals surface area contributed by atoms with Crippen LogP contribution >= 0.6 is 11.6 Å². The zero-order chi connectivity index (χ0) is 19.6. The Bertz CT molecular complexity index is 788. The van der Waals surface area contributed by atoms with Crippen molar-refractivity contribution in [1.29, 1.82) is 0 Å². The minimum atomic E-state index is -0.123. The summed E-state index contributed by atoms with van der Waals surface area (Å²) < 4.78 is 16.1. The molecule has 0 unspecified atom stereocenters. The summed E-state index contributed by atoms with van der Waals surface area (Å²) >= 11 is 6.08. The van der Waals surface area contributed by atoms with Gasteiger partial charge in [0.1, 0.15) is 17.2 Å². The van der Waals surface area contributed by atoms with Crippen LogP contribution in [0.4, 0.5) is 5.69 Å². The zero-order valence-electron chi connectivity index (χ0n) is 15.8. The van der Waals surface area contributed by atoms with Crippen molar-refractivity contribution in [3.8, 4) is 17.2 Å². The second kappa shape index (κ2) is 10.5. The van der Waals surface area contributed by atoms with Crippen molar-refractivity contribution in [3.63, 3.8) is 0 Å². The standard InChI is InChI=1S/C21H24ClNO4/c1-4-5-12-27-16-8-6-15(7-9-16)19(24)10-11-23-18-14-20(25-2)17(22)13-21(18)26-3/h6-11,13-14,23H,4-5,12H2,1-3H3. The third-order valence-electron chi connectivity index (χ3n) is 3.85. The van der Waals surface area contributed by atoms with Gasteiger partial charge in [-0.3, -0.25) is 4.79 Å². The summed E-state index contributed by atoms with van der Waals surface area (Å²) in [4.78, 5) is 12.3. The third kappa shape index (κ3) is 5.93. The molecule has 0 aromatic heterocycles. The number of rotatable bonds is 10. The molecule has 0 radical (unpaired) electrons. The van der Waals surface area contributed by atoms with Crippen molar-refractivity contribution in [2.45, 2.75) is 19.8 Å². The van der Waals surface area contributed by atoms with E-state index in [1.54, 1.807) is 49.7 Å². The lowest BCUT2D eigenvalue weighted by atomic mass is 10.1. The maximum atomic E-state index is 12.3. The van der Waals surface area contributed by atoms with Gasteiger partial charge in [-0.15, -0.1) is 0 Å². The molecule has 27 heavy (non-hydrogen) atoms. The largest absolute Gasteiger partial charge is 0.495 e. The Hall–Kier alpha value is -2.66. The molecule has 2 aromatic carbocycles. The number of nitrogens with one attached hydrogen (secondary N) is 1. The molecule has 0 aliphatic carbocycles. The number of unbranched alkanes of at least 4 members (excludes halogenated alkanes) is 1. The minimum Gasteiger partial charge on any atom is -0.495 e. The van der Waals surface area contributed by atoms with Crippen LogP contribution in [-0.4, -0.2) is 26.6 Å². The second-order valence-corrected chi connectivity index (χ2v) is 6.16. The molecule has 1 N–H and O–H groups in total. The molecule has 5 nitrogen and oxygen atoms in total. The summed E-state index contributed by atoms with van der Waals surface area (Å²) in [6.45, 7) is 2.79. The number of carbonyl (C=O) groups is 1. The van der Waals surface area contributed by atoms with E-state index >= 15 is 0 Å². The Morgan fingerprint density at radius 1 is 1.11 bits per heavy atom. The van der Waals surface area contributed by atoms with Crippen molar-refractivity contribution < 1.29 is 19.0 Å². The summed E-state index contributed by atoms with van der Waals surface area (Å²) in [7, 11) is 3.08. The number of methoxy groups -OCH3 is 2. The molecule has 0 atom stereocenters. The maximum absolute atomic E-state index is 12.3. The predicted octanol–water partition coefficient (Wildman–Crippen LogP) is 5.34. The van der Waals surface area contributed by atoms with Crippen molar-refractivity contribution in [3.05, 3.63) is 59.3 Å². The highest BCUT2D eigenvalue weighted by atomic mass is 35.5. The first kappa shape index (κ1) is 20.6. The quantitative estimate of drug-likeness (QED) is 0.337. The summed E-state index contributed by atoms with van der Waals surface area (Å²) in [5.41, 5.74) is 1.22. The molecule has 2 rings (SSSR count). The average Bonchev–Trinajstić information content (AvgIpc) is 2.69. The second-order valence-electron chi connectivity index (χ2n) is 5.76. The molecule has 0 heterocycles. The SMILES string of the molecule is CCCCOc1ccc(C(=O)C=CNc2cc(OC)c(Cl)cc2OC)cc1. The number of carbonyl (C=O) groups excluding carboxylic acids is 1. The zero-order valence-corrected chi connectivity index (χ0v) is 16.5. The van der Waals surface area contributed by atoms with Crippen molar-refractivity contribution in [1.82, 2.24) is 0 Å². The van der Waals surface area contributed by atoms with Gasteiger partial charge in [0.25, 0.3) is 0 Å². The molecule has 0 fully saturated rings. The Balaban J connectivity index is 2.00. The van der Waals surface area contributed by atoms with E-state index in [-0.39, 0.29) is 5.78 Å². The Morgan fingerprint density at radius 3 is 2.44 bits per heavy atom. The Morgan fingerprint density at radius 2 is 1.81 bits per heavy atom. The molecule has 0 spiro atoms. The van der Waals surface area contributed by atoms with Crippen LogP contribution < -0.4 is 19.5 Å². The molecular formula is C21H24ClNO4. The molecule has 0 aliphatic heterocycles. The van der Waals surface area contributed by atoms with Gasteiger partial charge in [-0.25, -0.2) is 0 Å². The number of allylic oxidation sites excluding steroid dienone is 1. The topological polar surface area (TPSA) is 56.8 Å². The summed E-state index contributed by atoms with van der Waals surface area (Å²) in [6, 6.07) is 10.5. The van der Waals surface area contributed by atoms with Gasteiger partial charge in [-0.05, 0) is 30.7 Å². The normalized spacial score (nSPS) is 10.7. The number of anilines is 1. The summed E-state index contributed by atoms with van der Waals surface area (Å²) in [6.07, 6.45) is 5.10. The average molecular weight is 390 g/mol. The summed E-state index contributed by atoms with van der Waals surface area (Å²) in [5.74, 6) is 1.70. The van der Waals surface area contributed by atoms with E-state index in [4.69, 9.17) is 25.8 Å². The van der Waals surface area contributed by atoms with Gasteiger partial charge in [0.05, 0.1) is 31.5 Å². The fraction of sp³-hybridized carbons (Fsp3) is 0.286. The van der Waals surface area contributed by atoms with Crippen molar-refractivity contribution in [2.75, 3.05) is 26.1 Å². The number of hydrogen-bond donors (Lipinski definition) is 1. The van der Waals surface area contributed by atoms with Gasteiger partial charge in [-0.2, -0.15) is 0 Å². The maximum Gasteiger partial charge on any atom is 0.187 e. The van der Waals surface area contributed by atoms with Crippen LogP contribution in [0.15, 0.2) is 48.7 Å². The van der Waals surface area contributed by atoms with Gasteiger partial charge in [0.15, 0.2) is 5.78 Å². The van der Waals surface area contributed by atoms with Crippen LogP contribution in [0.1, 0.15) is 30.1 Å².